The van der Waals surface area contributed by atoms with Gasteiger partial charge in [-0.1, -0.05) is 18.5 Å². The van der Waals surface area contributed by atoms with Gasteiger partial charge < -0.3 is 14.5 Å². The molecule has 17 heavy (non-hydrogen) atoms. The molecule has 94 valence electrons. The monoisotopic (exact) mass is 254 g/mol. The van der Waals surface area contributed by atoms with Crippen LogP contribution in [0.15, 0.2) is 18.2 Å². The minimum Gasteiger partial charge on any atom is -0.495 e. The minimum atomic E-state index is 0.670. The van der Waals surface area contributed by atoms with Gasteiger partial charge in [-0.15, -0.1) is 0 Å². The lowest BCUT2D eigenvalue weighted by Gasteiger charge is -2.35. The van der Waals surface area contributed by atoms with Crippen molar-refractivity contribution in [2.24, 2.45) is 0 Å². The maximum Gasteiger partial charge on any atom is 0.139 e. The van der Waals surface area contributed by atoms with Crippen molar-refractivity contribution in [1.29, 1.82) is 0 Å². The van der Waals surface area contributed by atoms with Crippen LogP contribution in [0.5, 0.6) is 5.75 Å². The molecule has 3 nitrogen and oxygen atoms in total. The normalized spacial score (nSPS) is 17.2. The molecule has 1 aliphatic heterocycles. The molecular weight excluding hydrogens is 236 g/mol. The van der Waals surface area contributed by atoms with Gasteiger partial charge >= 0.3 is 0 Å². The number of hydrogen-bond donors (Lipinski definition) is 0. The number of rotatable bonds is 3. The number of nitrogens with zero attached hydrogens (tertiary/aromatic N) is 2. The van der Waals surface area contributed by atoms with Crippen molar-refractivity contribution >= 4 is 17.3 Å². The summed E-state index contributed by atoms with van der Waals surface area (Å²) in [6, 6.07) is 5.98. The Labute approximate surface area is 108 Å². The van der Waals surface area contributed by atoms with Crippen LogP contribution in [0.3, 0.4) is 0 Å². The molecule has 2 rings (SSSR count). The second-order valence-corrected chi connectivity index (χ2v) is 4.65. The van der Waals surface area contributed by atoms with E-state index >= 15 is 0 Å². The molecule has 1 aliphatic rings. The fraction of sp³-hybridized carbons (Fsp3) is 0.538. The lowest BCUT2D eigenvalue weighted by molar-refractivity contribution is 0.271. The molecule has 0 saturated carbocycles. The van der Waals surface area contributed by atoms with Crippen LogP contribution in [0.2, 0.25) is 5.02 Å². The summed E-state index contributed by atoms with van der Waals surface area (Å²) >= 11 is 6.03. The maximum atomic E-state index is 6.03. The summed E-state index contributed by atoms with van der Waals surface area (Å²) in [5.41, 5.74) is 1.20. The summed E-state index contributed by atoms with van der Waals surface area (Å²) in [7, 11) is 1.65. The predicted molar refractivity (Wildman–Crippen MR) is 72.3 cm³/mol. The van der Waals surface area contributed by atoms with Crippen LogP contribution in [-0.4, -0.2) is 44.7 Å². The molecule has 0 bridgehead atoms. The van der Waals surface area contributed by atoms with Gasteiger partial charge in [0.25, 0.3) is 0 Å². The SMILES string of the molecule is CCN1CCN(c2ccc(Cl)c(OC)c2)CC1. The van der Waals surface area contributed by atoms with Crippen molar-refractivity contribution in [1.82, 2.24) is 4.90 Å². The third-order valence-corrected chi connectivity index (χ3v) is 3.63. The topological polar surface area (TPSA) is 15.7 Å². The van der Waals surface area contributed by atoms with Crippen LogP contribution in [-0.2, 0) is 0 Å². The summed E-state index contributed by atoms with van der Waals surface area (Å²) in [5, 5.41) is 0.670. The van der Waals surface area contributed by atoms with Crippen LogP contribution >= 0.6 is 11.6 Å². The van der Waals surface area contributed by atoms with E-state index in [0.717, 1.165) is 38.5 Å². The largest absolute Gasteiger partial charge is 0.495 e. The van der Waals surface area contributed by atoms with Crippen molar-refractivity contribution in [2.45, 2.75) is 6.92 Å². The lowest BCUT2D eigenvalue weighted by Crippen LogP contribution is -2.46. The average Bonchev–Trinajstić information content (AvgIpc) is 2.39. The van der Waals surface area contributed by atoms with Crippen molar-refractivity contribution in [2.75, 3.05) is 44.7 Å². The van der Waals surface area contributed by atoms with Crippen LogP contribution < -0.4 is 9.64 Å². The van der Waals surface area contributed by atoms with Crippen LogP contribution in [0.1, 0.15) is 6.92 Å². The molecule has 1 aromatic rings. The molecule has 0 aliphatic carbocycles. The second-order valence-electron chi connectivity index (χ2n) is 4.24. The Kier molecular flexibility index (Phi) is 4.13. The Morgan fingerprint density at radius 3 is 2.53 bits per heavy atom. The Morgan fingerprint density at radius 2 is 1.94 bits per heavy atom. The molecule has 0 N–H and O–H groups in total. The fourth-order valence-electron chi connectivity index (χ4n) is 2.17. The Balaban J connectivity index is 2.08. The molecule has 0 atom stereocenters. The smallest absolute Gasteiger partial charge is 0.139 e. The first-order chi connectivity index (χ1) is 8.24. The number of benzene rings is 1. The summed E-state index contributed by atoms with van der Waals surface area (Å²) in [6.45, 7) is 7.74. The first kappa shape index (κ1) is 12.5. The molecule has 0 aromatic heterocycles. The highest BCUT2D eigenvalue weighted by molar-refractivity contribution is 6.32. The van der Waals surface area contributed by atoms with E-state index in [9.17, 15) is 0 Å². The molecule has 0 unspecified atom stereocenters. The van der Waals surface area contributed by atoms with Gasteiger partial charge in [-0.2, -0.15) is 0 Å². The highest BCUT2D eigenvalue weighted by Gasteiger charge is 2.16. The zero-order valence-electron chi connectivity index (χ0n) is 10.4. The first-order valence-electron chi connectivity index (χ1n) is 6.05. The van der Waals surface area contributed by atoms with E-state index in [1.165, 1.54) is 5.69 Å². The van der Waals surface area contributed by atoms with E-state index in [1.807, 2.05) is 12.1 Å². The molecule has 1 aromatic carbocycles. The van der Waals surface area contributed by atoms with Gasteiger partial charge in [0.2, 0.25) is 0 Å². The maximum absolute atomic E-state index is 6.03. The molecule has 0 amide bonds. The minimum absolute atomic E-state index is 0.670. The summed E-state index contributed by atoms with van der Waals surface area (Å²) in [5.74, 6) is 0.752. The Hall–Kier alpha value is -0.930. The van der Waals surface area contributed by atoms with Crippen LogP contribution in [0.4, 0.5) is 5.69 Å². The van der Waals surface area contributed by atoms with Crippen LogP contribution in [0.25, 0.3) is 0 Å². The van der Waals surface area contributed by atoms with Crippen LogP contribution in [0, 0.1) is 0 Å². The highest BCUT2D eigenvalue weighted by atomic mass is 35.5. The van der Waals surface area contributed by atoms with Gasteiger partial charge in [0.15, 0.2) is 0 Å². The van der Waals surface area contributed by atoms with Gasteiger partial charge in [0.1, 0.15) is 5.75 Å². The van der Waals surface area contributed by atoms with E-state index in [1.54, 1.807) is 7.11 Å². The zero-order chi connectivity index (χ0) is 12.3. The van der Waals surface area contributed by atoms with E-state index < -0.39 is 0 Å². The first-order valence-corrected chi connectivity index (χ1v) is 6.43. The van der Waals surface area contributed by atoms with E-state index in [0.29, 0.717) is 5.02 Å². The van der Waals surface area contributed by atoms with Gasteiger partial charge in [0, 0.05) is 37.9 Å². The van der Waals surface area contributed by atoms with E-state index in [4.69, 9.17) is 16.3 Å². The Morgan fingerprint density at radius 1 is 1.24 bits per heavy atom. The molecule has 1 heterocycles. The third kappa shape index (κ3) is 2.85. The summed E-state index contributed by atoms with van der Waals surface area (Å²) in [4.78, 5) is 4.84. The number of ether oxygens (including phenoxy) is 1. The van der Waals surface area contributed by atoms with E-state index in [2.05, 4.69) is 22.8 Å². The van der Waals surface area contributed by atoms with Gasteiger partial charge in [0.05, 0.1) is 12.1 Å². The highest BCUT2D eigenvalue weighted by Crippen LogP contribution is 2.29. The molecule has 1 saturated heterocycles. The number of anilines is 1. The van der Waals surface area contributed by atoms with Crippen molar-refractivity contribution < 1.29 is 4.74 Å². The third-order valence-electron chi connectivity index (χ3n) is 3.32. The molecule has 0 spiro atoms. The van der Waals surface area contributed by atoms with Gasteiger partial charge in [-0.05, 0) is 18.7 Å². The van der Waals surface area contributed by atoms with E-state index in [-0.39, 0.29) is 0 Å². The number of methoxy groups -OCH3 is 1. The number of likely N-dealkylation sites (N-methyl/N-ethyl adjacent to an activating group) is 1. The van der Waals surface area contributed by atoms with Crippen molar-refractivity contribution in [3.8, 4) is 5.75 Å². The predicted octanol–water partition coefficient (Wildman–Crippen LogP) is 2.49. The fourth-order valence-corrected chi connectivity index (χ4v) is 2.36. The lowest BCUT2D eigenvalue weighted by atomic mass is 10.2. The number of hydrogen-bond acceptors (Lipinski definition) is 3. The second kappa shape index (κ2) is 5.61. The van der Waals surface area contributed by atoms with Crippen molar-refractivity contribution in [3.05, 3.63) is 23.2 Å². The summed E-state index contributed by atoms with van der Waals surface area (Å²) < 4.78 is 5.25. The summed E-state index contributed by atoms with van der Waals surface area (Å²) in [6.07, 6.45) is 0. The Bertz CT molecular complexity index is 376. The zero-order valence-corrected chi connectivity index (χ0v) is 11.2. The quantitative estimate of drug-likeness (QED) is 0.824. The number of halogens is 1. The molecule has 4 heteroatoms. The molecular formula is C13H19ClN2O. The average molecular weight is 255 g/mol. The molecule has 0 radical (unpaired) electrons. The standard InChI is InChI=1S/C13H19ClN2O/c1-3-15-6-8-16(9-7-15)11-4-5-12(14)13(10-11)17-2/h4-5,10H,3,6-9H2,1-2H3. The van der Waals surface area contributed by atoms with Gasteiger partial charge in [-0.3, -0.25) is 0 Å². The van der Waals surface area contributed by atoms with Crippen molar-refractivity contribution in [3.63, 3.8) is 0 Å². The molecule has 1 fully saturated rings. The van der Waals surface area contributed by atoms with Gasteiger partial charge in [-0.25, -0.2) is 0 Å². The number of piperazine rings is 1.